The third kappa shape index (κ3) is 1.44. The third-order valence-electron chi connectivity index (χ3n) is 2.72. The largest absolute Gasteiger partial charge is 0.315 e. The van der Waals surface area contributed by atoms with Crippen molar-refractivity contribution >= 4 is 5.78 Å². The summed E-state index contributed by atoms with van der Waals surface area (Å²) in [7, 11) is 0. The minimum Gasteiger partial charge on any atom is -0.315 e. The molecule has 0 unspecified atom stereocenters. The maximum Gasteiger partial charge on any atom is 0.172 e. The number of carbonyl (C=O) groups is 1. The van der Waals surface area contributed by atoms with E-state index in [4.69, 9.17) is 0 Å². The second kappa shape index (κ2) is 3.17. The van der Waals surface area contributed by atoms with E-state index < -0.39 is 0 Å². The number of ketones is 1. The SMILES string of the molecule is Cc1cncc(C(=O)C2(C)CNC2)c1. The van der Waals surface area contributed by atoms with E-state index in [2.05, 4.69) is 10.3 Å². The predicted octanol–water partition coefficient (Wildman–Crippen LogP) is 1.18. The summed E-state index contributed by atoms with van der Waals surface area (Å²) in [6, 6.07) is 1.90. The fraction of sp³-hybridized carbons (Fsp3) is 0.455. The van der Waals surface area contributed by atoms with Crippen LogP contribution < -0.4 is 5.32 Å². The molecule has 1 aliphatic rings. The van der Waals surface area contributed by atoms with Gasteiger partial charge >= 0.3 is 0 Å². The first-order valence-corrected chi connectivity index (χ1v) is 4.79. The summed E-state index contributed by atoms with van der Waals surface area (Å²) in [4.78, 5) is 16.1. The monoisotopic (exact) mass is 190 g/mol. The lowest BCUT2D eigenvalue weighted by Gasteiger charge is -2.37. The molecule has 1 saturated heterocycles. The fourth-order valence-corrected chi connectivity index (χ4v) is 1.69. The zero-order valence-corrected chi connectivity index (χ0v) is 8.50. The van der Waals surface area contributed by atoms with Gasteiger partial charge in [-0.3, -0.25) is 9.78 Å². The Labute approximate surface area is 83.5 Å². The first-order chi connectivity index (χ1) is 6.62. The van der Waals surface area contributed by atoms with Crippen LogP contribution in [-0.4, -0.2) is 23.9 Å². The molecule has 14 heavy (non-hydrogen) atoms. The van der Waals surface area contributed by atoms with Crippen LogP contribution in [0.1, 0.15) is 22.8 Å². The molecule has 1 aromatic heterocycles. The van der Waals surface area contributed by atoms with Gasteiger partial charge in [-0.05, 0) is 25.5 Å². The Kier molecular flexibility index (Phi) is 2.11. The van der Waals surface area contributed by atoms with E-state index in [1.807, 2.05) is 19.9 Å². The highest BCUT2D eigenvalue weighted by molar-refractivity contribution is 6.01. The first kappa shape index (κ1) is 9.34. The molecule has 3 nitrogen and oxygen atoms in total. The van der Waals surface area contributed by atoms with Crippen LogP contribution in [0.15, 0.2) is 18.5 Å². The summed E-state index contributed by atoms with van der Waals surface area (Å²) in [5.41, 5.74) is 1.55. The topological polar surface area (TPSA) is 42.0 Å². The van der Waals surface area contributed by atoms with Crippen LogP contribution in [0.3, 0.4) is 0 Å². The molecule has 74 valence electrons. The lowest BCUT2D eigenvalue weighted by Crippen LogP contribution is -2.56. The van der Waals surface area contributed by atoms with Gasteiger partial charge in [0.2, 0.25) is 0 Å². The third-order valence-corrected chi connectivity index (χ3v) is 2.72. The van der Waals surface area contributed by atoms with Gasteiger partial charge in [-0.25, -0.2) is 0 Å². The lowest BCUT2D eigenvalue weighted by molar-refractivity contribution is 0.0721. The second-order valence-electron chi connectivity index (χ2n) is 4.24. The van der Waals surface area contributed by atoms with Crippen LogP contribution in [0.5, 0.6) is 0 Å². The molecule has 1 aliphatic heterocycles. The number of hydrogen-bond acceptors (Lipinski definition) is 3. The standard InChI is InChI=1S/C11H14N2O/c1-8-3-9(5-12-4-8)10(14)11(2)6-13-7-11/h3-5,13H,6-7H2,1-2H3. The van der Waals surface area contributed by atoms with Gasteiger partial charge in [0.25, 0.3) is 0 Å². The highest BCUT2D eigenvalue weighted by Gasteiger charge is 2.39. The van der Waals surface area contributed by atoms with E-state index in [1.165, 1.54) is 0 Å². The molecule has 1 N–H and O–H groups in total. The van der Waals surface area contributed by atoms with Crippen LogP contribution >= 0.6 is 0 Å². The summed E-state index contributed by atoms with van der Waals surface area (Å²) in [5, 5.41) is 3.13. The van der Waals surface area contributed by atoms with Crippen LogP contribution in [0.2, 0.25) is 0 Å². The summed E-state index contributed by atoms with van der Waals surface area (Å²) < 4.78 is 0. The van der Waals surface area contributed by atoms with Crippen molar-refractivity contribution in [1.82, 2.24) is 10.3 Å². The maximum atomic E-state index is 12.0. The molecule has 0 radical (unpaired) electrons. The van der Waals surface area contributed by atoms with Gasteiger partial charge in [0.15, 0.2) is 5.78 Å². The van der Waals surface area contributed by atoms with E-state index in [1.54, 1.807) is 12.4 Å². The Morgan fingerprint density at radius 3 is 2.71 bits per heavy atom. The number of nitrogens with one attached hydrogen (secondary N) is 1. The molecule has 0 aromatic carbocycles. The molecule has 0 saturated carbocycles. The zero-order chi connectivity index (χ0) is 10.2. The number of pyridine rings is 1. The van der Waals surface area contributed by atoms with E-state index in [0.29, 0.717) is 0 Å². The number of aryl methyl sites for hydroxylation is 1. The molecular weight excluding hydrogens is 176 g/mol. The van der Waals surface area contributed by atoms with Crippen LogP contribution in [0.25, 0.3) is 0 Å². The van der Waals surface area contributed by atoms with Crippen molar-refractivity contribution in [2.45, 2.75) is 13.8 Å². The highest BCUT2D eigenvalue weighted by Crippen LogP contribution is 2.26. The Morgan fingerprint density at radius 2 is 2.21 bits per heavy atom. The Morgan fingerprint density at radius 1 is 1.50 bits per heavy atom. The van der Waals surface area contributed by atoms with Gasteiger partial charge in [0.05, 0.1) is 5.41 Å². The number of aromatic nitrogens is 1. The molecule has 2 heterocycles. The minimum atomic E-state index is -0.213. The number of rotatable bonds is 2. The van der Waals surface area contributed by atoms with Gasteiger partial charge in [0.1, 0.15) is 0 Å². The van der Waals surface area contributed by atoms with Crippen molar-refractivity contribution in [1.29, 1.82) is 0 Å². The molecule has 0 aliphatic carbocycles. The molecule has 0 bridgehead atoms. The van der Waals surface area contributed by atoms with Gasteiger partial charge < -0.3 is 5.32 Å². The number of nitrogens with zero attached hydrogens (tertiary/aromatic N) is 1. The average Bonchev–Trinajstić information content (AvgIpc) is 2.13. The van der Waals surface area contributed by atoms with Crippen LogP contribution in [-0.2, 0) is 0 Å². The quantitative estimate of drug-likeness (QED) is 0.712. The highest BCUT2D eigenvalue weighted by atomic mass is 16.1. The van der Waals surface area contributed by atoms with Crippen LogP contribution in [0.4, 0.5) is 0 Å². The Balaban J connectivity index is 2.27. The average molecular weight is 190 g/mol. The molecule has 2 rings (SSSR count). The fourth-order valence-electron chi connectivity index (χ4n) is 1.69. The molecule has 0 spiro atoms. The second-order valence-corrected chi connectivity index (χ2v) is 4.24. The molecule has 1 fully saturated rings. The molecule has 0 atom stereocenters. The minimum absolute atomic E-state index is 0.201. The first-order valence-electron chi connectivity index (χ1n) is 4.79. The normalized spacial score (nSPS) is 18.7. The van der Waals surface area contributed by atoms with E-state index in [-0.39, 0.29) is 11.2 Å². The summed E-state index contributed by atoms with van der Waals surface area (Å²) >= 11 is 0. The summed E-state index contributed by atoms with van der Waals surface area (Å²) in [6.45, 7) is 5.50. The van der Waals surface area contributed by atoms with Gasteiger partial charge in [-0.1, -0.05) is 0 Å². The van der Waals surface area contributed by atoms with E-state index >= 15 is 0 Å². The van der Waals surface area contributed by atoms with Crippen LogP contribution in [0, 0.1) is 12.3 Å². The number of Topliss-reactive ketones (excluding diaryl/α,β-unsaturated/α-hetero) is 1. The number of carbonyl (C=O) groups excluding carboxylic acids is 1. The summed E-state index contributed by atoms with van der Waals surface area (Å²) in [5.74, 6) is 0.201. The zero-order valence-electron chi connectivity index (χ0n) is 8.50. The molecule has 0 amide bonds. The molecular formula is C11H14N2O. The van der Waals surface area contributed by atoms with Crippen molar-refractivity contribution in [2.75, 3.05) is 13.1 Å². The van der Waals surface area contributed by atoms with Gasteiger partial charge in [-0.15, -0.1) is 0 Å². The maximum absolute atomic E-state index is 12.0. The Bertz CT molecular complexity index is 369. The van der Waals surface area contributed by atoms with Crippen molar-refractivity contribution in [2.24, 2.45) is 5.41 Å². The van der Waals surface area contributed by atoms with Crippen molar-refractivity contribution in [3.63, 3.8) is 0 Å². The van der Waals surface area contributed by atoms with Gasteiger partial charge in [-0.2, -0.15) is 0 Å². The smallest absolute Gasteiger partial charge is 0.172 e. The van der Waals surface area contributed by atoms with Crippen molar-refractivity contribution in [3.8, 4) is 0 Å². The van der Waals surface area contributed by atoms with E-state index in [9.17, 15) is 4.79 Å². The molecule has 3 heteroatoms. The summed E-state index contributed by atoms with van der Waals surface area (Å²) in [6.07, 6.45) is 3.41. The van der Waals surface area contributed by atoms with Crippen molar-refractivity contribution in [3.05, 3.63) is 29.6 Å². The number of hydrogen-bond donors (Lipinski definition) is 1. The van der Waals surface area contributed by atoms with Gasteiger partial charge in [0, 0.05) is 31.0 Å². The van der Waals surface area contributed by atoms with Crippen molar-refractivity contribution < 1.29 is 4.79 Å². The Hall–Kier alpha value is -1.22. The predicted molar refractivity (Wildman–Crippen MR) is 54.3 cm³/mol. The van der Waals surface area contributed by atoms with E-state index in [0.717, 1.165) is 24.2 Å². The lowest BCUT2D eigenvalue weighted by atomic mass is 9.77. The molecule has 1 aromatic rings.